The number of nitrogens with zero attached hydrogens (tertiary/aromatic N) is 4. The number of hydrogen-bond donors (Lipinski definition) is 0. The Morgan fingerprint density at radius 1 is 1.05 bits per heavy atom. The zero-order valence-electron chi connectivity index (χ0n) is 12.2. The summed E-state index contributed by atoms with van der Waals surface area (Å²) in [6.07, 6.45) is 0. The van der Waals surface area contributed by atoms with Crippen LogP contribution in [0.25, 0.3) is 0 Å². The fourth-order valence-corrected chi connectivity index (χ4v) is 2.89. The molecule has 5 nitrogen and oxygen atoms in total. The molecule has 0 aliphatic rings. The van der Waals surface area contributed by atoms with Crippen LogP contribution in [0.4, 0.5) is 0 Å². The number of methoxy groups -OCH3 is 1. The summed E-state index contributed by atoms with van der Waals surface area (Å²) in [4.78, 5) is 0. The van der Waals surface area contributed by atoms with Crippen molar-refractivity contribution < 1.29 is 4.74 Å². The lowest BCUT2D eigenvalue weighted by molar-refractivity contribution is 0.414. The van der Waals surface area contributed by atoms with Crippen molar-refractivity contribution in [3.63, 3.8) is 0 Å². The molecule has 0 fully saturated rings. The van der Waals surface area contributed by atoms with Crippen LogP contribution in [-0.4, -0.2) is 27.3 Å². The lowest BCUT2D eigenvalue weighted by Crippen LogP contribution is -2.03. The summed E-state index contributed by atoms with van der Waals surface area (Å²) < 4.78 is 7.06. The maximum atomic E-state index is 5.24. The van der Waals surface area contributed by atoms with Gasteiger partial charge in [-0.2, -0.15) is 0 Å². The normalized spacial score (nSPS) is 10.6. The topological polar surface area (TPSA) is 52.8 Å². The third-order valence-electron chi connectivity index (χ3n) is 3.18. The molecular formula is C16H16N4OS. The van der Waals surface area contributed by atoms with E-state index in [0.29, 0.717) is 6.54 Å². The molecule has 1 aromatic heterocycles. The number of ether oxygens (including phenoxy) is 1. The highest BCUT2D eigenvalue weighted by molar-refractivity contribution is 7.98. The zero-order valence-corrected chi connectivity index (χ0v) is 13.0. The highest BCUT2D eigenvalue weighted by Gasteiger charge is 2.08. The first-order valence-electron chi connectivity index (χ1n) is 6.91. The van der Waals surface area contributed by atoms with Crippen LogP contribution in [0.5, 0.6) is 5.75 Å². The van der Waals surface area contributed by atoms with Gasteiger partial charge in [0.2, 0.25) is 5.16 Å². The first-order chi connectivity index (χ1) is 10.8. The number of thioether (sulfide) groups is 1. The summed E-state index contributed by atoms with van der Waals surface area (Å²) in [5.74, 6) is 1.66. The minimum atomic E-state index is 0.675. The van der Waals surface area contributed by atoms with Crippen LogP contribution in [0, 0.1) is 0 Å². The lowest BCUT2D eigenvalue weighted by Gasteiger charge is -2.06. The Balaban J connectivity index is 1.67. The van der Waals surface area contributed by atoms with E-state index < -0.39 is 0 Å². The molecular weight excluding hydrogens is 296 g/mol. The Kier molecular flexibility index (Phi) is 4.70. The minimum Gasteiger partial charge on any atom is -0.497 e. The molecule has 0 amide bonds. The zero-order chi connectivity index (χ0) is 15.2. The fourth-order valence-electron chi connectivity index (χ4n) is 2.07. The van der Waals surface area contributed by atoms with Gasteiger partial charge in [-0.1, -0.05) is 54.2 Å². The van der Waals surface area contributed by atoms with Crippen LogP contribution in [0.15, 0.2) is 59.8 Å². The molecule has 22 heavy (non-hydrogen) atoms. The van der Waals surface area contributed by atoms with Crippen LogP contribution in [-0.2, 0) is 12.3 Å². The third-order valence-corrected chi connectivity index (χ3v) is 4.20. The van der Waals surface area contributed by atoms with Crippen LogP contribution in [0.2, 0.25) is 0 Å². The van der Waals surface area contributed by atoms with Crippen molar-refractivity contribution in [2.24, 2.45) is 0 Å². The summed E-state index contributed by atoms with van der Waals surface area (Å²) in [5, 5.41) is 12.8. The molecule has 3 aromatic rings. The molecule has 0 aliphatic carbocycles. The molecule has 3 rings (SSSR count). The van der Waals surface area contributed by atoms with Crippen molar-refractivity contribution in [1.82, 2.24) is 20.2 Å². The molecule has 0 radical (unpaired) electrons. The summed E-state index contributed by atoms with van der Waals surface area (Å²) in [7, 11) is 1.67. The average molecular weight is 312 g/mol. The Bertz CT molecular complexity index is 730. The maximum Gasteiger partial charge on any atom is 0.209 e. The van der Waals surface area contributed by atoms with Crippen molar-refractivity contribution in [2.45, 2.75) is 17.5 Å². The van der Waals surface area contributed by atoms with Gasteiger partial charge in [-0.15, -0.1) is 5.10 Å². The van der Waals surface area contributed by atoms with Crippen molar-refractivity contribution in [1.29, 1.82) is 0 Å². The molecule has 0 aliphatic heterocycles. The Morgan fingerprint density at radius 2 is 1.86 bits per heavy atom. The molecule has 0 unspecified atom stereocenters. The second-order valence-corrected chi connectivity index (χ2v) is 5.69. The van der Waals surface area contributed by atoms with Gasteiger partial charge in [0.25, 0.3) is 0 Å². The molecule has 1 heterocycles. The SMILES string of the molecule is COc1cccc(CSc2nnnn2Cc2ccccc2)c1. The van der Waals surface area contributed by atoms with Crippen LogP contribution < -0.4 is 4.74 Å². The van der Waals surface area contributed by atoms with Crippen molar-refractivity contribution in [3.8, 4) is 5.75 Å². The smallest absolute Gasteiger partial charge is 0.209 e. The van der Waals surface area contributed by atoms with Gasteiger partial charge < -0.3 is 4.74 Å². The van der Waals surface area contributed by atoms with E-state index in [2.05, 4.69) is 33.7 Å². The summed E-state index contributed by atoms with van der Waals surface area (Å²) in [6.45, 7) is 0.675. The summed E-state index contributed by atoms with van der Waals surface area (Å²) in [6, 6.07) is 18.2. The lowest BCUT2D eigenvalue weighted by atomic mass is 10.2. The monoisotopic (exact) mass is 312 g/mol. The largest absolute Gasteiger partial charge is 0.497 e. The van der Waals surface area contributed by atoms with Crippen molar-refractivity contribution >= 4 is 11.8 Å². The molecule has 0 saturated carbocycles. The Hall–Kier alpha value is -2.34. The molecule has 112 valence electrons. The maximum absolute atomic E-state index is 5.24. The molecule has 6 heteroatoms. The fraction of sp³-hybridized carbons (Fsp3) is 0.188. The number of aromatic nitrogens is 4. The van der Waals surface area contributed by atoms with Gasteiger partial charge in [0, 0.05) is 5.75 Å². The van der Waals surface area contributed by atoms with E-state index in [1.807, 2.05) is 41.1 Å². The van der Waals surface area contributed by atoms with E-state index >= 15 is 0 Å². The molecule has 0 saturated heterocycles. The quantitative estimate of drug-likeness (QED) is 0.655. The van der Waals surface area contributed by atoms with E-state index in [1.165, 1.54) is 11.1 Å². The highest BCUT2D eigenvalue weighted by atomic mass is 32.2. The molecule has 0 spiro atoms. The van der Waals surface area contributed by atoms with Crippen LogP contribution in [0.3, 0.4) is 0 Å². The predicted octanol–water partition coefficient (Wildman–Crippen LogP) is 3.02. The average Bonchev–Trinajstić information content (AvgIpc) is 3.01. The number of rotatable bonds is 6. The van der Waals surface area contributed by atoms with Gasteiger partial charge in [-0.3, -0.25) is 0 Å². The van der Waals surface area contributed by atoms with Gasteiger partial charge in [-0.25, -0.2) is 4.68 Å². The van der Waals surface area contributed by atoms with E-state index in [0.717, 1.165) is 16.7 Å². The minimum absolute atomic E-state index is 0.675. The van der Waals surface area contributed by atoms with Crippen LogP contribution in [0.1, 0.15) is 11.1 Å². The van der Waals surface area contributed by atoms with Gasteiger partial charge in [-0.05, 0) is 33.7 Å². The first-order valence-corrected chi connectivity index (χ1v) is 7.89. The van der Waals surface area contributed by atoms with Gasteiger partial charge >= 0.3 is 0 Å². The second kappa shape index (κ2) is 7.09. The number of benzene rings is 2. The van der Waals surface area contributed by atoms with Crippen molar-refractivity contribution in [3.05, 3.63) is 65.7 Å². The standard InChI is InChI=1S/C16H16N4OS/c1-21-15-9-5-8-14(10-15)12-22-16-17-18-19-20(16)11-13-6-3-2-4-7-13/h2-10H,11-12H2,1H3. The van der Waals surface area contributed by atoms with E-state index in [-0.39, 0.29) is 0 Å². The first kappa shape index (κ1) is 14.6. The predicted molar refractivity (Wildman–Crippen MR) is 85.9 cm³/mol. The van der Waals surface area contributed by atoms with Gasteiger partial charge in [0.05, 0.1) is 13.7 Å². The molecule has 0 atom stereocenters. The van der Waals surface area contributed by atoms with Gasteiger partial charge in [0.1, 0.15) is 5.75 Å². The number of tetrazole rings is 1. The third kappa shape index (κ3) is 3.65. The Morgan fingerprint density at radius 3 is 2.68 bits per heavy atom. The molecule has 0 bridgehead atoms. The van der Waals surface area contributed by atoms with Gasteiger partial charge in [0.15, 0.2) is 0 Å². The molecule has 2 aromatic carbocycles. The summed E-state index contributed by atoms with van der Waals surface area (Å²) in [5.41, 5.74) is 2.36. The molecule has 0 N–H and O–H groups in total. The number of hydrogen-bond acceptors (Lipinski definition) is 5. The van der Waals surface area contributed by atoms with E-state index in [1.54, 1.807) is 18.9 Å². The van der Waals surface area contributed by atoms with E-state index in [4.69, 9.17) is 4.74 Å². The summed E-state index contributed by atoms with van der Waals surface area (Å²) >= 11 is 1.62. The highest BCUT2D eigenvalue weighted by Crippen LogP contribution is 2.22. The van der Waals surface area contributed by atoms with E-state index in [9.17, 15) is 0 Å². The van der Waals surface area contributed by atoms with Crippen molar-refractivity contribution in [2.75, 3.05) is 7.11 Å². The Labute approximate surface area is 133 Å². The van der Waals surface area contributed by atoms with Crippen LogP contribution >= 0.6 is 11.8 Å². The second-order valence-electron chi connectivity index (χ2n) is 4.74.